The summed E-state index contributed by atoms with van der Waals surface area (Å²) in [6, 6.07) is 1.81. The van der Waals surface area contributed by atoms with Gasteiger partial charge < -0.3 is 10.6 Å². The molecule has 1 aromatic heterocycles. The number of aromatic nitrogens is 1. The number of carbonyl (C=O) groups excluding carboxylic acids is 2. The molecule has 19 heavy (non-hydrogen) atoms. The lowest BCUT2D eigenvalue weighted by Crippen LogP contribution is -2.37. The molecular formula is C13H19N3O2S. The van der Waals surface area contributed by atoms with Crippen molar-refractivity contribution in [3.8, 4) is 0 Å². The summed E-state index contributed by atoms with van der Waals surface area (Å²) in [6.07, 6.45) is 0. The fourth-order valence-electron chi connectivity index (χ4n) is 2.35. The molecule has 2 heterocycles. The lowest BCUT2D eigenvalue weighted by molar-refractivity contribution is -0.132. The molecule has 5 nitrogen and oxygen atoms in total. The molecule has 0 bridgehead atoms. The molecule has 6 heteroatoms. The Morgan fingerprint density at radius 3 is 2.74 bits per heavy atom. The lowest BCUT2D eigenvalue weighted by Gasteiger charge is -2.29. The Balaban J connectivity index is 2.14. The minimum absolute atomic E-state index is 0.00835. The largest absolute Gasteiger partial charge is 0.355 e. The van der Waals surface area contributed by atoms with E-state index in [1.165, 1.54) is 11.5 Å². The van der Waals surface area contributed by atoms with Crippen molar-refractivity contribution in [1.29, 1.82) is 0 Å². The van der Waals surface area contributed by atoms with Crippen molar-refractivity contribution in [2.45, 2.75) is 27.7 Å². The van der Waals surface area contributed by atoms with Crippen LogP contribution in [0.2, 0.25) is 0 Å². The first kappa shape index (κ1) is 14.0. The predicted octanol–water partition coefficient (Wildman–Crippen LogP) is 1.80. The molecule has 2 rings (SSSR count). The second-order valence-electron chi connectivity index (χ2n) is 6.02. The summed E-state index contributed by atoms with van der Waals surface area (Å²) in [5.74, 6) is -1.03. The van der Waals surface area contributed by atoms with E-state index >= 15 is 0 Å². The maximum Gasteiger partial charge on any atom is 0.237 e. The smallest absolute Gasteiger partial charge is 0.237 e. The summed E-state index contributed by atoms with van der Waals surface area (Å²) in [6.45, 7) is 8.58. The Morgan fingerprint density at radius 1 is 1.53 bits per heavy atom. The molecule has 1 saturated heterocycles. The van der Waals surface area contributed by atoms with Gasteiger partial charge in [0.05, 0.1) is 5.69 Å². The van der Waals surface area contributed by atoms with Crippen molar-refractivity contribution in [2.24, 2.45) is 17.3 Å². The average Bonchev–Trinajstić information content (AvgIpc) is 2.84. The fourth-order valence-corrected chi connectivity index (χ4v) is 3.02. The van der Waals surface area contributed by atoms with Crippen LogP contribution in [0.4, 0.5) is 5.00 Å². The van der Waals surface area contributed by atoms with Gasteiger partial charge in [0.1, 0.15) is 10.9 Å². The lowest BCUT2D eigenvalue weighted by atomic mass is 9.74. The highest BCUT2D eigenvalue weighted by Crippen LogP contribution is 2.35. The molecule has 0 saturated carbocycles. The van der Waals surface area contributed by atoms with Gasteiger partial charge in [-0.05, 0) is 29.9 Å². The van der Waals surface area contributed by atoms with Crippen molar-refractivity contribution in [1.82, 2.24) is 9.69 Å². The molecule has 2 N–H and O–H groups in total. The Hall–Kier alpha value is -1.43. The zero-order valence-electron chi connectivity index (χ0n) is 11.6. The zero-order valence-corrected chi connectivity index (χ0v) is 12.4. The summed E-state index contributed by atoms with van der Waals surface area (Å²) in [4.78, 5) is 24.2. The first-order valence-electron chi connectivity index (χ1n) is 6.31. The Morgan fingerprint density at radius 2 is 2.21 bits per heavy atom. The van der Waals surface area contributed by atoms with Gasteiger partial charge in [0.15, 0.2) is 0 Å². The fraction of sp³-hybridized carbons (Fsp3) is 0.615. The maximum atomic E-state index is 12.3. The quantitative estimate of drug-likeness (QED) is 0.812. The summed E-state index contributed by atoms with van der Waals surface area (Å²) >= 11 is 1.23. The summed E-state index contributed by atoms with van der Waals surface area (Å²) in [7, 11) is 0. The number of hydrogen-bond acceptors (Lipinski definition) is 4. The second-order valence-corrected chi connectivity index (χ2v) is 6.82. The van der Waals surface area contributed by atoms with Crippen molar-refractivity contribution >= 4 is 28.3 Å². The number of rotatable bonds is 2. The molecule has 1 aromatic rings. The molecule has 1 aliphatic rings. The molecule has 2 amide bonds. The normalized spacial score (nSPS) is 23.3. The van der Waals surface area contributed by atoms with Gasteiger partial charge in [-0.3, -0.25) is 9.59 Å². The van der Waals surface area contributed by atoms with E-state index in [-0.39, 0.29) is 23.1 Å². The average molecular weight is 281 g/mol. The van der Waals surface area contributed by atoms with Crippen molar-refractivity contribution in [3.63, 3.8) is 0 Å². The van der Waals surface area contributed by atoms with E-state index in [1.54, 1.807) is 0 Å². The highest BCUT2D eigenvalue weighted by atomic mass is 32.1. The third-order valence-electron chi connectivity index (χ3n) is 3.45. The van der Waals surface area contributed by atoms with Crippen LogP contribution in [0.3, 0.4) is 0 Å². The number of anilines is 1. The van der Waals surface area contributed by atoms with Crippen LogP contribution in [0.25, 0.3) is 0 Å². The van der Waals surface area contributed by atoms with E-state index in [2.05, 4.69) is 35.8 Å². The highest BCUT2D eigenvalue weighted by molar-refractivity contribution is 7.10. The minimum Gasteiger partial charge on any atom is -0.355 e. The third kappa shape index (κ3) is 2.94. The van der Waals surface area contributed by atoms with Gasteiger partial charge >= 0.3 is 0 Å². The topological polar surface area (TPSA) is 71.1 Å². The molecule has 0 aromatic carbocycles. The molecular weight excluding hydrogens is 262 g/mol. The Kier molecular flexibility index (Phi) is 3.62. The first-order valence-corrected chi connectivity index (χ1v) is 7.08. The molecule has 0 aliphatic carbocycles. The van der Waals surface area contributed by atoms with Crippen LogP contribution in [0.1, 0.15) is 26.5 Å². The molecule has 1 aliphatic heterocycles. The third-order valence-corrected chi connectivity index (χ3v) is 4.25. The van der Waals surface area contributed by atoms with Crippen molar-refractivity contribution in [2.75, 3.05) is 11.9 Å². The van der Waals surface area contributed by atoms with Gasteiger partial charge in [-0.2, -0.15) is 4.37 Å². The van der Waals surface area contributed by atoms with E-state index < -0.39 is 5.92 Å². The summed E-state index contributed by atoms with van der Waals surface area (Å²) < 4.78 is 4.11. The monoisotopic (exact) mass is 281 g/mol. The van der Waals surface area contributed by atoms with Crippen LogP contribution in [0, 0.1) is 24.2 Å². The number of amides is 2. The van der Waals surface area contributed by atoms with Gasteiger partial charge in [0.2, 0.25) is 11.8 Å². The molecule has 0 spiro atoms. The van der Waals surface area contributed by atoms with Crippen LogP contribution >= 0.6 is 11.5 Å². The number of carbonyl (C=O) groups is 2. The Labute approximate surface area is 116 Å². The second kappa shape index (κ2) is 4.92. The Bertz CT molecular complexity index is 504. The number of aryl methyl sites for hydroxylation is 1. The van der Waals surface area contributed by atoms with E-state index in [1.807, 2.05) is 13.0 Å². The van der Waals surface area contributed by atoms with Gasteiger partial charge in [0, 0.05) is 12.5 Å². The molecule has 104 valence electrons. The number of hydrogen-bond donors (Lipinski definition) is 2. The van der Waals surface area contributed by atoms with Crippen LogP contribution in [0.15, 0.2) is 6.07 Å². The van der Waals surface area contributed by atoms with E-state index in [0.29, 0.717) is 11.5 Å². The molecule has 0 radical (unpaired) electrons. The molecule has 0 unspecified atom stereocenters. The van der Waals surface area contributed by atoms with E-state index in [0.717, 1.165) is 5.69 Å². The van der Waals surface area contributed by atoms with Gasteiger partial charge in [-0.1, -0.05) is 20.8 Å². The van der Waals surface area contributed by atoms with Gasteiger partial charge in [0.25, 0.3) is 0 Å². The van der Waals surface area contributed by atoms with Gasteiger partial charge in [-0.15, -0.1) is 0 Å². The van der Waals surface area contributed by atoms with Crippen molar-refractivity contribution < 1.29 is 9.59 Å². The van der Waals surface area contributed by atoms with E-state index in [9.17, 15) is 9.59 Å². The van der Waals surface area contributed by atoms with Crippen LogP contribution in [0.5, 0.6) is 0 Å². The SMILES string of the molecule is Cc1cc(NC(=O)[C@H]2C(=O)NC[C@@H]2C(C)(C)C)sn1. The molecule has 2 atom stereocenters. The summed E-state index contributed by atoms with van der Waals surface area (Å²) in [5.41, 5.74) is 0.772. The maximum absolute atomic E-state index is 12.3. The van der Waals surface area contributed by atoms with Crippen LogP contribution in [-0.4, -0.2) is 22.7 Å². The standard InChI is InChI=1S/C13H19N3O2S/c1-7-5-9(19-16-7)15-12(18)10-8(13(2,3)4)6-14-11(10)17/h5,8,10H,6H2,1-4H3,(H,14,17)(H,15,18)/t8-,10+/m0/s1. The summed E-state index contributed by atoms with van der Waals surface area (Å²) in [5, 5.41) is 6.27. The zero-order chi connectivity index (χ0) is 14.2. The highest BCUT2D eigenvalue weighted by Gasteiger charge is 2.45. The predicted molar refractivity (Wildman–Crippen MR) is 74.9 cm³/mol. The van der Waals surface area contributed by atoms with Gasteiger partial charge in [-0.25, -0.2) is 0 Å². The minimum atomic E-state index is -0.623. The molecule has 1 fully saturated rings. The van der Waals surface area contributed by atoms with Crippen molar-refractivity contribution in [3.05, 3.63) is 11.8 Å². The van der Waals surface area contributed by atoms with Crippen LogP contribution in [-0.2, 0) is 9.59 Å². The number of nitrogens with zero attached hydrogens (tertiary/aromatic N) is 1. The van der Waals surface area contributed by atoms with E-state index in [4.69, 9.17) is 0 Å². The number of nitrogens with one attached hydrogen (secondary N) is 2. The van der Waals surface area contributed by atoms with Crippen LogP contribution < -0.4 is 10.6 Å². The first-order chi connectivity index (χ1) is 8.79.